The topological polar surface area (TPSA) is 98.7 Å². The number of aryl methyl sites for hydroxylation is 1. The molecule has 4 N–H and O–H groups in total. The average molecular weight is 370 g/mol. The molecule has 0 radical (unpaired) electrons. The highest BCUT2D eigenvalue weighted by molar-refractivity contribution is 6.35. The van der Waals surface area contributed by atoms with Crippen molar-refractivity contribution in [1.29, 1.82) is 0 Å². The van der Waals surface area contributed by atoms with E-state index < -0.39 is 11.8 Å². The molecule has 2 aromatic carbocycles. The van der Waals surface area contributed by atoms with Crippen LogP contribution in [0.5, 0.6) is 11.5 Å². The van der Waals surface area contributed by atoms with E-state index in [0.717, 1.165) is 12.0 Å². The number of hydrogen-bond acceptors (Lipinski definition) is 4. The third-order valence-electron chi connectivity index (χ3n) is 4.28. The number of nitrogens with one attached hydrogen (secondary N) is 2. The quantitative estimate of drug-likeness (QED) is 0.562. The van der Waals surface area contributed by atoms with Crippen molar-refractivity contribution in [3.63, 3.8) is 0 Å². The summed E-state index contributed by atoms with van der Waals surface area (Å²) in [5.74, 6) is -0.965. The largest absolute Gasteiger partial charge is 0.508 e. The molecule has 6 heteroatoms. The molecule has 0 saturated carbocycles. The lowest BCUT2D eigenvalue weighted by molar-refractivity contribution is -0.140. The molecular weight excluding hydrogens is 344 g/mol. The maximum absolute atomic E-state index is 12.1. The van der Waals surface area contributed by atoms with Crippen molar-refractivity contribution in [1.82, 2.24) is 10.6 Å². The predicted molar refractivity (Wildman–Crippen MR) is 103 cm³/mol. The van der Waals surface area contributed by atoms with Gasteiger partial charge >= 0.3 is 11.8 Å². The van der Waals surface area contributed by atoms with Gasteiger partial charge in [-0.2, -0.15) is 0 Å². The zero-order valence-corrected chi connectivity index (χ0v) is 15.6. The summed E-state index contributed by atoms with van der Waals surface area (Å²) in [6.45, 7) is 3.63. The van der Waals surface area contributed by atoms with E-state index in [2.05, 4.69) is 10.6 Å². The van der Waals surface area contributed by atoms with Crippen molar-refractivity contribution in [3.05, 3.63) is 59.7 Å². The van der Waals surface area contributed by atoms with Crippen LogP contribution in [0.25, 0.3) is 0 Å². The van der Waals surface area contributed by atoms with E-state index in [1.807, 2.05) is 25.1 Å². The molecule has 6 nitrogen and oxygen atoms in total. The van der Waals surface area contributed by atoms with Crippen molar-refractivity contribution in [2.24, 2.45) is 0 Å². The molecule has 2 unspecified atom stereocenters. The van der Waals surface area contributed by atoms with E-state index in [1.54, 1.807) is 37.3 Å². The molecule has 2 aromatic rings. The fourth-order valence-corrected chi connectivity index (χ4v) is 2.76. The lowest BCUT2D eigenvalue weighted by Gasteiger charge is -2.17. The molecule has 0 bridgehead atoms. The van der Waals surface area contributed by atoms with Crippen LogP contribution in [0.1, 0.15) is 31.4 Å². The number of aromatic hydroxyl groups is 2. The fraction of sp³-hybridized carbons (Fsp3) is 0.333. The summed E-state index contributed by atoms with van der Waals surface area (Å²) in [5, 5.41) is 24.4. The van der Waals surface area contributed by atoms with E-state index in [1.165, 1.54) is 0 Å². The summed E-state index contributed by atoms with van der Waals surface area (Å²) < 4.78 is 0. The normalized spacial score (nSPS) is 12.8. The Bertz CT molecular complexity index is 774. The Morgan fingerprint density at radius 1 is 0.889 bits per heavy atom. The van der Waals surface area contributed by atoms with E-state index in [-0.39, 0.29) is 23.6 Å². The fourth-order valence-electron chi connectivity index (χ4n) is 2.76. The van der Waals surface area contributed by atoms with Crippen molar-refractivity contribution >= 4 is 11.8 Å². The highest BCUT2D eigenvalue weighted by atomic mass is 16.3. The molecule has 2 amide bonds. The molecule has 0 fully saturated rings. The molecule has 0 aliphatic rings. The second-order valence-corrected chi connectivity index (χ2v) is 6.79. The van der Waals surface area contributed by atoms with Gasteiger partial charge < -0.3 is 20.8 Å². The van der Waals surface area contributed by atoms with Gasteiger partial charge in [-0.3, -0.25) is 9.59 Å². The molecule has 2 atom stereocenters. The zero-order valence-electron chi connectivity index (χ0n) is 15.6. The summed E-state index contributed by atoms with van der Waals surface area (Å²) in [5.41, 5.74) is 1.77. The van der Waals surface area contributed by atoms with E-state index in [0.29, 0.717) is 18.4 Å². The van der Waals surface area contributed by atoms with Gasteiger partial charge in [-0.05, 0) is 62.4 Å². The average Bonchev–Trinajstić information content (AvgIpc) is 2.63. The Morgan fingerprint density at radius 2 is 1.48 bits per heavy atom. The van der Waals surface area contributed by atoms with Crippen LogP contribution in [-0.2, 0) is 22.4 Å². The molecule has 0 aromatic heterocycles. The van der Waals surface area contributed by atoms with Crippen LogP contribution in [0.2, 0.25) is 0 Å². The van der Waals surface area contributed by atoms with Gasteiger partial charge in [-0.25, -0.2) is 0 Å². The van der Waals surface area contributed by atoms with E-state index in [4.69, 9.17) is 0 Å². The Hall–Kier alpha value is -3.02. The number of rotatable bonds is 7. The molecule has 27 heavy (non-hydrogen) atoms. The number of carbonyl (C=O) groups excluding carboxylic acids is 2. The Labute approximate surface area is 159 Å². The van der Waals surface area contributed by atoms with Crippen molar-refractivity contribution < 1.29 is 19.8 Å². The molecule has 0 heterocycles. The summed E-state index contributed by atoms with van der Waals surface area (Å²) in [4.78, 5) is 24.1. The molecule has 0 aliphatic heterocycles. The smallest absolute Gasteiger partial charge is 0.309 e. The van der Waals surface area contributed by atoms with Crippen LogP contribution in [0, 0.1) is 0 Å². The summed E-state index contributed by atoms with van der Waals surface area (Å²) in [6.07, 6.45) is 1.84. The highest BCUT2D eigenvalue weighted by Crippen LogP contribution is 2.17. The zero-order chi connectivity index (χ0) is 19.8. The number of hydrogen-bond donors (Lipinski definition) is 4. The van der Waals surface area contributed by atoms with Gasteiger partial charge in [0.1, 0.15) is 11.5 Å². The van der Waals surface area contributed by atoms with Gasteiger partial charge in [0.25, 0.3) is 0 Å². The highest BCUT2D eigenvalue weighted by Gasteiger charge is 2.18. The van der Waals surface area contributed by atoms with Crippen LogP contribution in [0.4, 0.5) is 0 Å². The van der Waals surface area contributed by atoms with Crippen LogP contribution in [-0.4, -0.2) is 34.1 Å². The minimum Gasteiger partial charge on any atom is -0.508 e. The lowest BCUT2D eigenvalue weighted by atomic mass is 10.1. The second-order valence-electron chi connectivity index (χ2n) is 6.79. The van der Waals surface area contributed by atoms with Crippen molar-refractivity contribution in [2.45, 2.75) is 45.2 Å². The second kappa shape index (κ2) is 9.62. The minimum atomic E-state index is -0.686. The molecular formula is C21H26N2O4. The number of para-hydroxylation sites is 1. The summed E-state index contributed by atoms with van der Waals surface area (Å²) in [6, 6.07) is 13.4. The Balaban J connectivity index is 1.76. The Kier molecular flexibility index (Phi) is 7.23. The van der Waals surface area contributed by atoms with Crippen LogP contribution in [0.3, 0.4) is 0 Å². The van der Waals surface area contributed by atoms with Crippen LogP contribution < -0.4 is 10.6 Å². The first kappa shape index (κ1) is 20.3. The van der Waals surface area contributed by atoms with Gasteiger partial charge in [-0.1, -0.05) is 30.3 Å². The number of amides is 2. The first-order chi connectivity index (χ1) is 12.8. The molecule has 144 valence electrons. The van der Waals surface area contributed by atoms with Crippen LogP contribution >= 0.6 is 0 Å². The maximum Gasteiger partial charge on any atom is 0.309 e. The summed E-state index contributed by atoms with van der Waals surface area (Å²) >= 11 is 0. The maximum atomic E-state index is 12.1. The van der Waals surface area contributed by atoms with Crippen molar-refractivity contribution in [3.8, 4) is 11.5 Å². The lowest BCUT2D eigenvalue weighted by Crippen LogP contribution is -2.46. The monoisotopic (exact) mass is 370 g/mol. The molecule has 0 aliphatic carbocycles. The number of phenolic OH excluding ortho intramolecular Hbond substituents is 2. The third-order valence-corrected chi connectivity index (χ3v) is 4.28. The minimum absolute atomic E-state index is 0.162. The van der Waals surface area contributed by atoms with Gasteiger partial charge in [0.2, 0.25) is 0 Å². The SMILES string of the molecule is CC(CCc1ccc(O)cc1)NC(=O)C(=O)NC(C)Cc1ccccc1O. The predicted octanol–water partition coefficient (Wildman–Crippen LogP) is 2.28. The molecule has 2 rings (SSSR count). The first-order valence-electron chi connectivity index (χ1n) is 9.01. The van der Waals surface area contributed by atoms with Gasteiger partial charge in [0, 0.05) is 12.1 Å². The van der Waals surface area contributed by atoms with Gasteiger partial charge in [-0.15, -0.1) is 0 Å². The van der Waals surface area contributed by atoms with Gasteiger partial charge in [0.05, 0.1) is 0 Å². The van der Waals surface area contributed by atoms with Gasteiger partial charge in [0.15, 0.2) is 0 Å². The van der Waals surface area contributed by atoms with E-state index in [9.17, 15) is 19.8 Å². The third kappa shape index (κ3) is 6.66. The molecule has 0 saturated heterocycles. The number of benzene rings is 2. The number of phenols is 2. The first-order valence-corrected chi connectivity index (χ1v) is 9.01. The molecule has 0 spiro atoms. The standard InChI is InChI=1S/C21H26N2O4/c1-14(7-8-16-9-11-18(24)12-10-16)22-20(26)21(27)23-15(2)13-17-5-3-4-6-19(17)25/h3-6,9-12,14-15,24-25H,7-8,13H2,1-2H3,(H,22,26)(H,23,27). The summed E-state index contributed by atoms with van der Waals surface area (Å²) in [7, 11) is 0. The van der Waals surface area contributed by atoms with Crippen LogP contribution in [0.15, 0.2) is 48.5 Å². The number of carbonyl (C=O) groups is 2. The Morgan fingerprint density at radius 3 is 2.11 bits per heavy atom. The van der Waals surface area contributed by atoms with E-state index >= 15 is 0 Å². The van der Waals surface area contributed by atoms with Crippen molar-refractivity contribution in [2.75, 3.05) is 0 Å².